The van der Waals surface area contributed by atoms with Gasteiger partial charge in [0.05, 0.1) is 23.1 Å². The molecule has 2 amide bonds. The highest BCUT2D eigenvalue weighted by Crippen LogP contribution is 2.43. The van der Waals surface area contributed by atoms with Crippen molar-refractivity contribution < 1.29 is 14.0 Å². The average molecular weight is 407 g/mol. The SMILES string of the molecule is CC(C)C(C)NC(=O)C1CSC(c2ccoc2)N1C(=O)c1ccccc1Cl. The van der Waals surface area contributed by atoms with E-state index in [0.29, 0.717) is 22.3 Å². The fourth-order valence-electron chi connectivity index (χ4n) is 2.89. The van der Waals surface area contributed by atoms with E-state index in [-0.39, 0.29) is 23.2 Å². The fraction of sp³-hybridized carbons (Fsp3) is 0.400. The zero-order chi connectivity index (χ0) is 19.6. The second-order valence-electron chi connectivity index (χ2n) is 6.99. The average Bonchev–Trinajstić information content (AvgIpc) is 3.30. The Hall–Kier alpha value is -1.92. The van der Waals surface area contributed by atoms with Crippen molar-refractivity contribution >= 4 is 35.2 Å². The van der Waals surface area contributed by atoms with Crippen LogP contribution in [0.4, 0.5) is 0 Å². The molecule has 0 radical (unpaired) electrons. The fourth-order valence-corrected chi connectivity index (χ4v) is 4.51. The summed E-state index contributed by atoms with van der Waals surface area (Å²) in [6.45, 7) is 6.07. The maximum absolute atomic E-state index is 13.3. The molecule has 1 fully saturated rings. The van der Waals surface area contributed by atoms with Gasteiger partial charge < -0.3 is 14.6 Å². The molecule has 5 nitrogen and oxygen atoms in total. The molecule has 0 bridgehead atoms. The minimum atomic E-state index is -0.570. The van der Waals surface area contributed by atoms with Gasteiger partial charge in [0.1, 0.15) is 11.4 Å². The van der Waals surface area contributed by atoms with Gasteiger partial charge in [0.15, 0.2) is 0 Å². The highest BCUT2D eigenvalue weighted by molar-refractivity contribution is 7.99. The summed E-state index contributed by atoms with van der Waals surface area (Å²) >= 11 is 7.80. The van der Waals surface area contributed by atoms with Gasteiger partial charge in [-0.1, -0.05) is 37.6 Å². The Bertz CT molecular complexity index is 809. The number of hydrogen-bond donors (Lipinski definition) is 1. The maximum Gasteiger partial charge on any atom is 0.257 e. The Morgan fingerprint density at radius 3 is 2.63 bits per heavy atom. The predicted octanol–water partition coefficient (Wildman–Crippen LogP) is 4.35. The number of nitrogens with one attached hydrogen (secondary N) is 1. The number of hydrogen-bond acceptors (Lipinski definition) is 4. The van der Waals surface area contributed by atoms with E-state index in [1.54, 1.807) is 53.5 Å². The van der Waals surface area contributed by atoms with Crippen LogP contribution in [-0.2, 0) is 4.79 Å². The van der Waals surface area contributed by atoms with Gasteiger partial charge >= 0.3 is 0 Å². The molecular formula is C20H23ClN2O3S. The number of rotatable bonds is 5. The Morgan fingerprint density at radius 1 is 1.26 bits per heavy atom. The Morgan fingerprint density at radius 2 is 2.00 bits per heavy atom. The monoisotopic (exact) mass is 406 g/mol. The van der Waals surface area contributed by atoms with Gasteiger partial charge in [-0.2, -0.15) is 0 Å². The van der Waals surface area contributed by atoms with Gasteiger partial charge in [-0.3, -0.25) is 9.59 Å². The third-order valence-corrected chi connectivity index (χ3v) is 6.49. The topological polar surface area (TPSA) is 62.6 Å². The summed E-state index contributed by atoms with van der Waals surface area (Å²) in [4.78, 5) is 27.9. The zero-order valence-electron chi connectivity index (χ0n) is 15.5. The van der Waals surface area contributed by atoms with E-state index in [9.17, 15) is 9.59 Å². The number of benzene rings is 1. The van der Waals surface area contributed by atoms with Gasteiger partial charge in [-0.25, -0.2) is 0 Å². The van der Waals surface area contributed by atoms with Gasteiger partial charge in [0.2, 0.25) is 5.91 Å². The molecule has 3 rings (SSSR count). The summed E-state index contributed by atoms with van der Waals surface area (Å²) in [5, 5.41) is 3.12. The minimum absolute atomic E-state index is 0.0211. The molecule has 2 heterocycles. The number of carbonyl (C=O) groups excluding carboxylic acids is 2. The van der Waals surface area contributed by atoms with Crippen LogP contribution >= 0.6 is 23.4 Å². The van der Waals surface area contributed by atoms with Crippen molar-refractivity contribution in [1.29, 1.82) is 0 Å². The Kier molecular flexibility index (Phi) is 6.17. The summed E-state index contributed by atoms with van der Waals surface area (Å²) in [6.07, 6.45) is 3.18. The van der Waals surface area contributed by atoms with Crippen LogP contribution in [0.3, 0.4) is 0 Å². The van der Waals surface area contributed by atoms with Gasteiger partial charge in [0.25, 0.3) is 5.91 Å². The third kappa shape index (κ3) is 4.17. The van der Waals surface area contributed by atoms with Crippen LogP contribution in [0.1, 0.15) is 42.1 Å². The number of thioether (sulfide) groups is 1. The smallest absolute Gasteiger partial charge is 0.257 e. The van der Waals surface area contributed by atoms with Crippen molar-refractivity contribution in [3.05, 3.63) is 59.0 Å². The second kappa shape index (κ2) is 8.40. The van der Waals surface area contributed by atoms with Crippen LogP contribution in [0.5, 0.6) is 0 Å². The van der Waals surface area contributed by atoms with Crippen molar-refractivity contribution in [3.8, 4) is 0 Å². The molecule has 0 spiro atoms. The molecular weight excluding hydrogens is 384 g/mol. The first kappa shape index (κ1) is 19.8. The lowest BCUT2D eigenvalue weighted by atomic mass is 10.1. The third-order valence-electron chi connectivity index (χ3n) is 4.84. The van der Waals surface area contributed by atoms with Crippen molar-refractivity contribution in [1.82, 2.24) is 10.2 Å². The second-order valence-corrected chi connectivity index (χ2v) is 8.51. The largest absolute Gasteiger partial charge is 0.472 e. The highest BCUT2D eigenvalue weighted by Gasteiger charge is 2.43. The standard InChI is InChI=1S/C20H23ClN2O3S/c1-12(2)13(3)22-18(24)17-11-27-20(14-8-9-26-10-14)23(17)19(25)15-6-4-5-7-16(15)21/h4-10,12-13,17,20H,11H2,1-3H3,(H,22,24). The summed E-state index contributed by atoms with van der Waals surface area (Å²) in [6, 6.07) is 8.19. The molecule has 3 atom stereocenters. The van der Waals surface area contributed by atoms with Crippen LogP contribution in [0.2, 0.25) is 5.02 Å². The number of halogens is 1. The number of furan rings is 1. The quantitative estimate of drug-likeness (QED) is 0.801. The first-order chi connectivity index (χ1) is 12.9. The molecule has 1 aromatic carbocycles. The number of carbonyl (C=O) groups is 2. The lowest BCUT2D eigenvalue weighted by Gasteiger charge is -2.30. The van der Waals surface area contributed by atoms with Crippen molar-refractivity contribution in [2.24, 2.45) is 5.92 Å². The summed E-state index contributed by atoms with van der Waals surface area (Å²) in [7, 11) is 0. The lowest BCUT2D eigenvalue weighted by Crippen LogP contribution is -2.50. The zero-order valence-corrected chi connectivity index (χ0v) is 17.1. The Balaban J connectivity index is 1.92. The molecule has 3 unspecified atom stereocenters. The minimum Gasteiger partial charge on any atom is -0.472 e. The Labute approximate surface area is 168 Å². The number of nitrogens with zero attached hydrogens (tertiary/aromatic N) is 1. The van der Waals surface area contributed by atoms with Gasteiger partial charge in [-0.05, 0) is 31.0 Å². The van der Waals surface area contributed by atoms with Crippen LogP contribution in [0.15, 0.2) is 47.3 Å². The molecule has 1 saturated heterocycles. The van der Waals surface area contributed by atoms with Crippen LogP contribution < -0.4 is 5.32 Å². The van der Waals surface area contributed by atoms with Gasteiger partial charge in [0, 0.05) is 17.4 Å². The van der Waals surface area contributed by atoms with Crippen molar-refractivity contribution in [2.45, 2.75) is 38.2 Å². The maximum atomic E-state index is 13.3. The normalized spacial score (nSPS) is 20.7. The summed E-state index contributed by atoms with van der Waals surface area (Å²) < 4.78 is 5.20. The predicted molar refractivity (Wildman–Crippen MR) is 108 cm³/mol. The molecule has 2 aromatic rings. The molecule has 144 valence electrons. The molecule has 1 aromatic heterocycles. The molecule has 7 heteroatoms. The van der Waals surface area contributed by atoms with E-state index in [1.165, 1.54) is 0 Å². The molecule has 1 aliphatic rings. The first-order valence-corrected chi connectivity index (χ1v) is 10.3. The molecule has 1 N–H and O–H groups in total. The molecule has 0 saturated carbocycles. The lowest BCUT2D eigenvalue weighted by molar-refractivity contribution is -0.125. The van der Waals surface area contributed by atoms with E-state index >= 15 is 0 Å². The summed E-state index contributed by atoms with van der Waals surface area (Å²) in [5.74, 6) is 0.424. The first-order valence-electron chi connectivity index (χ1n) is 8.91. The van der Waals surface area contributed by atoms with Crippen molar-refractivity contribution in [3.63, 3.8) is 0 Å². The molecule has 1 aliphatic heterocycles. The number of amides is 2. The summed E-state index contributed by atoms with van der Waals surface area (Å²) in [5.41, 5.74) is 1.25. The van der Waals surface area contributed by atoms with Crippen LogP contribution in [0, 0.1) is 5.92 Å². The van der Waals surface area contributed by atoms with E-state index in [0.717, 1.165) is 5.56 Å². The van der Waals surface area contributed by atoms with Crippen molar-refractivity contribution in [2.75, 3.05) is 5.75 Å². The van der Waals surface area contributed by atoms with E-state index in [2.05, 4.69) is 19.2 Å². The van der Waals surface area contributed by atoms with E-state index in [1.807, 2.05) is 13.0 Å². The van der Waals surface area contributed by atoms with E-state index in [4.69, 9.17) is 16.0 Å². The molecule has 27 heavy (non-hydrogen) atoms. The highest BCUT2D eigenvalue weighted by atomic mass is 35.5. The van der Waals surface area contributed by atoms with Crippen LogP contribution in [0.25, 0.3) is 0 Å². The molecule has 0 aliphatic carbocycles. The van der Waals surface area contributed by atoms with Crippen LogP contribution in [-0.4, -0.2) is 34.6 Å². The van der Waals surface area contributed by atoms with E-state index < -0.39 is 6.04 Å². The van der Waals surface area contributed by atoms with Gasteiger partial charge in [-0.15, -0.1) is 11.8 Å².